The number of nitrogens with one attached hydrogen (secondary N) is 1. The van der Waals surface area contributed by atoms with Gasteiger partial charge in [-0.25, -0.2) is 0 Å². The standard InChI is InChI=1S/C14H31NO2/c1-7-14(5,17-9-3)13(15-8-2)12(4)10-11-16-6/h12-13,15H,7-11H2,1-6H3. The fraction of sp³-hybridized carbons (Fsp3) is 1.00. The Kier molecular flexibility index (Phi) is 8.83. The van der Waals surface area contributed by atoms with Gasteiger partial charge in [-0.3, -0.25) is 0 Å². The molecule has 17 heavy (non-hydrogen) atoms. The van der Waals surface area contributed by atoms with Gasteiger partial charge >= 0.3 is 0 Å². The highest BCUT2D eigenvalue weighted by molar-refractivity contribution is 4.91. The summed E-state index contributed by atoms with van der Waals surface area (Å²) in [7, 11) is 1.76. The van der Waals surface area contributed by atoms with Crippen LogP contribution < -0.4 is 5.32 Å². The summed E-state index contributed by atoms with van der Waals surface area (Å²) in [5.41, 5.74) is -0.0854. The fourth-order valence-corrected chi connectivity index (χ4v) is 2.45. The van der Waals surface area contributed by atoms with Crippen molar-refractivity contribution in [3.05, 3.63) is 0 Å². The molecule has 3 unspecified atom stereocenters. The van der Waals surface area contributed by atoms with Crippen molar-refractivity contribution in [2.75, 3.05) is 26.9 Å². The molecule has 0 fully saturated rings. The third-order valence-corrected chi connectivity index (χ3v) is 3.60. The molecular weight excluding hydrogens is 214 g/mol. The number of likely N-dealkylation sites (N-methyl/N-ethyl adjacent to an activating group) is 1. The largest absolute Gasteiger partial charge is 0.385 e. The first-order chi connectivity index (χ1) is 8.05. The second kappa shape index (κ2) is 8.90. The van der Waals surface area contributed by atoms with Gasteiger partial charge in [-0.15, -0.1) is 0 Å². The normalized spacial score (nSPS) is 18.7. The average molecular weight is 245 g/mol. The molecule has 0 aliphatic rings. The van der Waals surface area contributed by atoms with Crippen LogP contribution in [0.2, 0.25) is 0 Å². The molecule has 0 amide bonds. The smallest absolute Gasteiger partial charge is 0.0806 e. The molecule has 0 heterocycles. The lowest BCUT2D eigenvalue weighted by atomic mass is 9.83. The first-order valence-corrected chi connectivity index (χ1v) is 6.91. The molecule has 0 aliphatic heterocycles. The third kappa shape index (κ3) is 5.36. The molecule has 104 valence electrons. The number of rotatable bonds is 10. The summed E-state index contributed by atoms with van der Waals surface area (Å²) in [6.45, 7) is 13.5. The molecule has 0 radical (unpaired) electrons. The minimum atomic E-state index is -0.0854. The Morgan fingerprint density at radius 2 is 1.88 bits per heavy atom. The van der Waals surface area contributed by atoms with Crippen LogP contribution in [0, 0.1) is 5.92 Å². The molecule has 0 aromatic carbocycles. The van der Waals surface area contributed by atoms with Crippen LogP contribution in [-0.4, -0.2) is 38.5 Å². The van der Waals surface area contributed by atoms with Gasteiger partial charge in [0.15, 0.2) is 0 Å². The molecule has 0 rings (SSSR count). The van der Waals surface area contributed by atoms with Crippen molar-refractivity contribution < 1.29 is 9.47 Å². The summed E-state index contributed by atoms with van der Waals surface area (Å²) in [5, 5.41) is 3.59. The molecule has 0 bridgehead atoms. The van der Waals surface area contributed by atoms with E-state index in [1.54, 1.807) is 7.11 Å². The number of ether oxygens (including phenoxy) is 2. The Morgan fingerprint density at radius 1 is 1.24 bits per heavy atom. The van der Waals surface area contributed by atoms with Crippen LogP contribution in [0.5, 0.6) is 0 Å². The first-order valence-electron chi connectivity index (χ1n) is 6.91. The van der Waals surface area contributed by atoms with Crippen molar-refractivity contribution in [1.82, 2.24) is 5.32 Å². The maximum Gasteiger partial charge on any atom is 0.0806 e. The van der Waals surface area contributed by atoms with Crippen molar-refractivity contribution in [1.29, 1.82) is 0 Å². The summed E-state index contributed by atoms with van der Waals surface area (Å²) in [4.78, 5) is 0. The highest BCUT2D eigenvalue weighted by atomic mass is 16.5. The molecule has 0 aliphatic carbocycles. The molecular formula is C14H31NO2. The Bertz CT molecular complexity index is 187. The van der Waals surface area contributed by atoms with E-state index in [1.165, 1.54) is 0 Å². The van der Waals surface area contributed by atoms with Gasteiger partial charge in [0, 0.05) is 26.4 Å². The number of hydrogen-bond donors (Lipinski definition) is 1. The van der Waals surface area contributed by atoms with Gasteiger partial charge in [-0.2, -0.15) is 0 Å². The Labute approximate surface area is 107 Å². The molecule has 3 atom stereocenters. The van der Waals surface area contributed by atoms with Gasteiger partial charge in [0.05, 0.1) is 5.60 Å². The predicted molar refractivity (Wildman–Crippen MR) is 73.4 cm³/mol. The van der Waals surface area contributed by atoms with Crippen molar-refractivity contribution in [3.63, 3.8) is 0 Å². The predicted octanol–water partition coefficient (Wildman–Crippen LogP) is 2.84. The van der Waals surface area contributed by atoms with Gasteiger partial charge in [-0.1, -0.05) is 20.8 Å². The lowest BCUT2D eigenvalue weighted by Crippen LogP contribution is -2.54. The van der Waals surface area contributed by atoms with Crippen LogP contribution in [0.1, 0.15) is 47.5 Å². The van der Waals surface area contributed by atoms with E-state index in [0.717, 1.165) is 32.6 Å². The van der Waals surface area contributed by atoms with Crippen LogP contribution in [0.25, 0.3) is 0 Å². The SMILES string of the molecule is CCNC(C(C)CCOC)C(C)(CC)OCC. The summed E-state index contributed by atoms with van der Waals surface area (Å²) in [6.07, 6.45) is 2.09. The van der Waals surface area contributed by atoms with Gasteiger partial charge in [-0.05, 0) is 39.2 Å². The van der Waals surface area contributed by atoms with E-state index in [0.29, 0.717) is 12.0 Å². The van der Waals surface area contributed by atoms with E-state index in [1.807, 2.05) is 0 Å². The van der Waals surface area contributed by atoms with Gasteiger partial charge in [0.25, 0.3) is 0 Å². The highest BCUT2D eigenvalue weighted by Gasteiger charge is 2.36. The van der Waals surface area contributed by atoms with Crippen LogP contribution >= 0.6 is 0 Å². The van der Waals surface area contributed by atoms with E-state index < -0.39 is 0 Å². The van der Waals surface area contributed by atoms with E-state index >= 15 is 0 Å². The van der Waals surface area contributed by atoms with Crippen LogP contribution in [0.3, 0.4) is 0 Å². The summed E-state index contributed by atoms with van der Waals surface area (Å²) in [5.74, 6) is 0.548. The molecule has 0 aromatic heterocycles. The second-order valence-corrected chi connectivity index (χ2v) is 4.89. The summed E-state index contributed by atoms with van der Waals surface area (Å²) in [6, 6.07) is 0.382. The Balaban J connectivity index is 4.65. The lowest BCUT2D eigenvalue weighted by molar-refractivity contribution is -0.0694. The minimum absolute atomic E-state index is 0.0854. The monoisotopic (exact) mass is 245 g/mol. The van der Waals surface area contributed by atoms with Crippen molar-refractivity contribution in [2.24, 2.45) is 5.92 Å². The maximum atomic E-state index is 5.99. The van der Waals surface area contributed by atoms with Crippen LogP contribution in [-0.2, 0) is 9.47 Å². The number of hydrogen-bond acceptors (Lipinski definition) is 3. The molecule has 3 nitrogen and oxygen atoms in total. The zero-order chi connectivity index (χ0) is 13.3. The van der Waals surface area contributed by atoms with Gasteiger partial charge < -0.3 is 14.8 Å². The Hall–Kier alpha value is -0.120. The number of methoxy groups -OCH3 is 1. The van der Waals surface area contributed by atoms with Crippen LogP contribution in [0.15, 0.2) is 0 Å². The van der Waals surface area contributed by atoms with Crippen LogP contribution in [0.4, 0.5) is 0 Å². The second-order valence-electron chi connectivity index (χ2n) is 4.89. The molecule has 0 saturated heterocycles. The highest BCUT2D eigenvalue weighted by Crippen LogP contribution is 2.27. The quantitative estimate of drug-likeness (QED) is 0.642. The molecule has 0 spiro atoms. The van der Waals surface area contributed by atoms with E-state index in [9.17, 15) is 0 Å². The average Bonchev–Trinajstić information content (AvgIpc) is 2.33. The third-order valence-electron chi connectivity index (χ3n) is 3.60. The van der Waals surface area contributed by atoms with Crippen molar-refractivity contribution >= 4 is 0 Å². The van der Waals surface area contributed by atoms with E-state index in [-0.39, 0.29) is 5.60 Å². The Morgan fingerprint density at radius 3 is 2.29 bits per heavy atom. The first kappa shape index (κ1) is 16.9. The van der Waals surface area contributed by atoms with Crippen molar-refractivity contribution in [3.8, 4) is 0 Å². The topological polar surface area (TPSA) is 30.5 Å². The zero-order valence-corrected chi connectivity index (χ0v) is 12.5. The minimum Gasteiger partial charge on any atom is -0.385 e. The maximum absolute atomic E-state index is 5.99. The molecule has 1 N–H and O–H groups in total. The van der Waals surface area contributed by atoms with Gasteiger partial charge in [0.1, 0.15) is 0 Å². The van der Waals surface area contributed by atoms with E-state index in [2.05, 4.69) is 39.9 Å². The van der Waals surface area contributed by atoms with E-state index in [4.69, 9.17) is 9.47 Å². The summed E-state index contributed by atoms with van der Waals surface area (Å²) < 4.78 is 11.2. The van der Waals surface area contributed by atoms with Crippen molar-refractivity contribution in [2.45, 2.75) is 59.1 Å². The molecule has 0 saturated carbocycles. The zero-order valence-electron chi connectivity index (χ0n) is 12.5. The lowest BCUT2D eigenvalue weighted by Gasteiger charge is -2.40. The van der Waals surface area contributed by atoms with Gasteiger partial charge in [0.2, 0.25) is 0 Å². The summed E-state index contributed by atoms with van der Waals surface area (Å²) >= 11 is 0. The molecule has 0 aromatic rings. The molecule has 3 heteroatoms. The fourth-order valence-electron chi connectivity index (χ4n) is 2.45.